The smallest absolute Gasteiger partial charge is 0.159 e. The molecule has 0 rings (SSSR count). The summed E-state index contributed by atoms with van der Waals surface area (Å²) in [4.78, 5) is 11.0. The molecule has 0 spiro atoms. The molecule has 0 amide bonds. The maximum atomic E-state index is 11.0. The molecule has 0 saturated heterocycles. The molecule has 3 heteroatoms. The molecule has 0 aliphatic rings. The maximum absolute atomic E-state index is 11.0. The summed E-state index contributed by atoms with van der Waals surface area (Å²) in [6.45, 7) is 3.52. The lowest BCUT2D eigenvalue weighted by molar-refractivity contribution is -0.113. The van der Waals surface area contributed by atoms with E-state index < -0.39 is 0 Å². The van der Waals surface area contributed by atoms with Crippen molar-refractivity contribution in [2.75, 3.05) is 6.26 Å². The standard InChI is InChI=1S/C10H15NOS/c1-4-5-9(8(2)12)6-7-10(11)13-3/h5-7,11H,4H2,1-3H3/b7-6-,9-5+,11-10?. The average Bonchev–Trinajstić information content (AvgIpc) is 2.11. The van der Waals surface area contributed by atoms with Crippen LogP contribution < -0.4 is 0 Å². The zero-order valence-electron chi connectivity index (χ0n) is 8.26. The van der Waals surface area contributed by atoms with Crippen LogP contribution >= 0.6 is 11.8 Å². The van der Waals surface area contributed by atoms with Crippen LogP contribution in [0.1, 0.15) is 20.3 Å². The van der Waals surface area contributed by atoms with Crippen LogP contribution in [-0.4, -0.2) is 17.1 Å². The zero-order chi connectivity index (χ0) is 10.3. The van der Waals surface area contributed by atoms with Gasteiger partial charge in [-0.25, -0.2) is 0 Å². The fraction of sp³-hybridized carbons (Fsp3) is 0.400. The topological polar surface area (TPSA) is 40.9 Å². The highest BCUT2D eigenvalue weighted by molar-refractivity contribution is 8.13. The van der Waals surface area contributed by atoms with Gasteiger partial charge in [-0.1, -0.05) is 13.0 Å². The third kappa shape index (κ3) is 5.42. The number of carbonyl (C=O) groups is 1. The van der Waals surface area contributed by atoms with Crippen molar-refractivity contribution >= 4 is 22.6 Å². The summed E-state index contributed by atoms with van der Waals surface area (Å²) >= 11 is 1.35. The molecule has 2 nitrogen and oxygen atoms in total. The lowest BCUT2D eigenvalue weighted by atomic mass is 10.1. The van der Waals surface area contributed by atoms with Gasteiger partial charge in [-0.3, -0.25) is 10.2 Å². The predicted molar refractivity (Wildman–Crippen MR) is 59.4 cm³/mol. The first-order valence-electron chi connectivity index (χ1n) is 4.13. The lowest BCUT2D eigenvalue weighted by Crippen LogP contribution is -1.93. The van der Waals surface area contributed by atoms with Gasteiger partial charge in [-0.15, -0.1) is 11.8 Å². The minimum absolute atomic E-state index is 0.0482. The van der Waals surface area contributed by atoms with Crippen molar-refractivity contribution in [3.8, 4) is 0 Å². The van der Waals surface area contributed by atoms with Crippen molar-refractivity contribution in [3.05, 3.63) is 23.8 Å². The predicted octanol–water partition coefficient (Wildman–Crippen LogP) is 2.81. The number of thioether (sulfide) groups is 1. The molecule has 0 atom stereocenters. The van der Waals surface area contributed by atoms with Crippen LogP contribution in [0.15, 0.2) is 23.8 Å². The summed E-state index contributed by atoms with van der Waals surface area (Å²) in [5, 5.41) is 7.80. The van der Waals surface area contributed by atoms with Gasteiger partial charge in [0.15, 0.2) is 5.78 Å². The molecule has 0 heterocycles. The molecule has 1 N–H and O–H groups in total. The molecule has 13 heavy (non-hydrogen) atoms. The van der Waals surface area contributed by atoms with E-state index in [-0.39, 0.29) is 5.78 Å². The zero-order valence-corrected chi connectivity index (χ0v) is 9.07. The molecule has 72 valence electrons. The molecule has 0 radical (unpaired) electrons. The van der Waals surface area contributed by atoms with E-state index in [9.17, 15) is 4.79 Å². The molecular formula is C10H15NOS. The number of rotatable bonds is 4. The van der Waals surface area contributed by atoms with Crippen LogP contribution in [0.2, 0.25) is 0 Å². The highest BCUT2D eigenvalue weighted by Crippen LogP contribution is 2.03. The molecule has 0 aromatic rings. The van der Waals surface area contributed by atoms with Gasteiger partial charge in [0.05, 0.1) is 5.04 Å². The van der Waals surface area contributed by atoms with Crippen LogP contribution in [0.25, 0.3) is 0 Å². The van der Waals surface area contributed by atoms with E-state index in [1.54, 1.807) is 12.2 Å². The Kier molecular flexibility index (Phi) is 6.24. The van der Waals surface area contributed by atoms with E-state index >= 15 is 0 Å². The monoisotopic (exact) mass is 197 g/mol. The van der Waals surface area contributed by atoms with E-state index in [1.807, 2.05) is 19.3 Å². The third-order valence-corrected chi connectivity index (χ3v) is 2.04. The number of nitrogens with one attached hydrogen (secondary N) is 1. The van der Waals surface area contributed by atoms with Crippen LogP contribution in [-0.2, 0) is 4.79 Å². The first-order chi connectivity index (χ1) is 6.11. The quantitative estimate of drug-likeness (QED) is 0.326. The van der Waals surface area contributed by atoms with Gasteiger partial charge in [0.1, 0.15) is 0 Å². The number of carbonyl (C=O) groups excluding carboxylic acids is 1. The molecule has 0 aromatic heterocycles. The van der Waals surface area contributed by atoms with Crippen LogP contribution in [0, 0.1) is 5.41 Å². The Morgan fingerprint density at radius 2 is 2.08 bits per heavy atom. The second-order valence-electron chi connectivity index (χ2n) is 2.53. The third-order valence-electron chi connectivity index (χ3n) is 1.46. The Balaban J connectivity index is 4.44. The Labute approximate surface area is 83.6 Å². The Bertz CT molecular complexity index is 254. The lowest BCUT2D eigenvalue weighted by Gasteiger charge is -1.95. The molecule has 0 unspecified atom stereocenters. The summed E-state index contributed by atoms with van der Waals surface area (Å²) in [5.74, 6) is 0.0482. The molecule has 0 fully saturated rings. The average molecular weight is 197 g/mol. The van der Waals surface area contributed by atoms with Crippen molar-refractivity contribution in [2.45, 2.75) is 20.3 Å². The van der Waals surface area contributed by atoms with Gasteiger partial charge < -0.3 is 0 Å². The molecule has 0 aliphatic heterocycles. The number of Topliss-reactive ketones (excluding diaryl/α,β-unsaturated/α-hetero) is 1. The van der Waals surface area contributed by atoms with E-state index in [2.05, 4.69) is 0 Å². The fourth-order valence-electron chi connectivity index (χ4n) is 0.783. The SMILES string of the molecule is CC/C=C(\C=C/C(=N)SC)C(C)=O. The minimum Gasteiger partial charge on any atom is -0.295 e. The molecule has 0 bridgehead atoms. The van der Waals surface area contributed by atoms with E-state index in [1.165, 1.54) is 18.7 Å². The number of ketones is 1. The molecule has 0 aliphatic carbocycles. The number of hydrogen-bond acceptors (Lipinski definition) is 3. The molecular weight excluding hydrogens is 182 g/mol. The van der Waals surface area contributed by atoms with Crippen LogP contribution in [0.4, 0.5) is 0 Å². The number of hydrogen-bond donors (Lipinski definition) is 1. The summed E-state index contributed by atoms with van der Waals surface area (Å²) < 4.78 is 0. The van der Waals surface area contributed by atoms with Crippen molar-refractivity contribution in [1.29, 1.82) is 5.41 Å². The van der Waals surface area contributed by atoms with Crippen molar-refractivity contribution in [3.63, 3.8) is 0 Å². The van der Waals surface area contributed by atoms with Crippen molar-refractivity contribution in [1.82, 2.24) is 0 Å². The maximum Gasteiger partial charge on any atom is 0.159 e. The first-order valence-corrected chi connectivity index (χ1v) is 5.36. The molecule has 0 aromatic carbocycles. The van der Waals surface area contributed by atoms with Crippen molar-refractivity contribution in [2.24, 2.45) is 0 Å². The second kappa shape index (κ2) is 6.66. The minimum atomic E-state index is 0.0482. The van der Waals surface area contributed by atoms with Gasteiger partial charge >= 0.3 is 0 Å². The van der Waals surface area contributed by atoms with Crippen LogP contribution in [0.5, 0.6) is 0 Å². The van der Waals surface area contributed by atoms with Gasteiger partial charge in [-0.05, 0) is 31.8 Å². The fourth-order valence-corrected chi connectivity index (χ4v) is 0.987. The summed E-state index contributed by atoms with van der Waals surface area (Å²) in [7, 11) is 0. The van der Waals surface area contributed by atoms with E-state index in [0.717, 1.165) is 6.42 Å². The van der Waals surface area contributed by atoms with Crippen LogP contribution in [0.3, 0.4) is 0 Å². The van der Waals surface area contributed by atoms with E-state index in [0.29, 0.717) is 10.6 Å². The number of allylic oxidation sites excluding steroid dienone is 3. The Morgan fingerprint density at radius 1 is 1.46 bits per heavy atom. The second-order valence-corrected chi connectivity index (χ2v) is 3.37. The molecule has 0 saturated carbocycles. The Hall–Kier alpha value is -0.830. The highest BCUT2D eigenvalue weighted by Gasteiger charge is 1.97. The van der Waals surface area contributed by atoms with Gasteiger partial charge in [0.2, 0.25) is 0 Å². The highest BCUT2D eigenvalue weighted by atomic mass is 32.2. The van der Waals surface area contributed by atoms with Gasteiger partial charge in [0, 0.05) is 5.57 Å². The normalized spacial score (nSPS) is 12.1. The first kappa shape index (κ1) is 12.2. The Morgan fingerprint density at radius 3 is 2.46 bits per heavy atom. The summed E-state index contributed by atoms with van der Waals surface area (Å²) in [6, 6.07) is 0. The summed E-state index contributed by atoms with van der Waals surface area (Å²) in [6.07, 6.45) is 7.89. The summed E-state index contributed by atoms with van der Waals surface area (Å²) in [5.41, 5.74) is 0.682. The largest absolute Gasteiger partial charge is 0.295 e. The van der Waals surface area contributed by atoms with Gasteiger partial charge in [0.25, 0.3) is 0 Å². The van der Waals surface area contributed by atoms with Gasteiger partial charge in [-0.2, -0.15) is 0 Å². The van der Waals surface area contributed by atoms with Crippen molar-refractivity contribution < 1.29 is 4.79 Å². The van der Waals surface area contributed by atoms with E-state index in [4.69, 9.17) is 5.41 Å².